The van der Waals surface area contributed by atoms with Gasteiger partial charge in [0.05, 0.1) is 35.2 Å². The maximum absolute atomic E-state index is 13.2. The van der Waals surface area contributed by atoms with Crippen molar-refractivity contribution in [1.29, 1.82) is 0 Å². The SMILES string of the molecule is COc1ccc2nc(N3C(=O)C(O)=C(C(=O)c4ccco4)[C@H]3c3ccc(Br)cc3)sc2c1. The number of aromatic nitrogens is 1. The number of halogens is 1. The Morgan fingerprint density at radius 3 is 2.69 bits per heavy atom. The van der Waals surface area contributed by atoms with E-state index in [-0.39, 0.29) is 11.3 Å². The van der Waals surface area contributed by atoms with Crippen molar-refractivity contribution in [1.82, 2.24) is 4.98 Å². The number of Topliss-reactive ketones (excluding diaryl/α,β-unsaturated/α-hetero) is 1. The molecule has 1 N–H and O–H groups in total. The number of aliphatic hydroxyl groups is 1. The molecule has 0 spiro atoms. The fourth-order valence-electron chi connectivity index (χ4n) is 3.66. The highest BCUT2D eigenvalue weighted by Crippen LogP contribution is 2.44. The van der Waals surface area contributed by atoms with Crippen LogP contribution in [0.3, 0.4) is 0 Å². The highest BCUT2D eigenvalue weighted by Gasteiger charge is 2.46. The third kappa shape index (κ3) is 3.30. The molecule has 2 aromatic carbocycles. The minimum Gasteiger partial charge on any atom is -0.503 e. The molecule has 0 bridgehead atoms. The number of ether oxygens (including phenoxy) is 1. The number of aliphatic hydroxyl groups excluding tert-OH is 1. The van der Waals surface area contributed by atoms with Crippen LogP contribution in [0.25, 0.3) is 10.2 Å². The van der Waals surface area contributed by atoms with Crippen molar-refractivity contribution < 1.29 is 23.8 Å². The maximum atomic E-state index is 13.2. The van der Waals surface area contributed by atoms with Gasteiger partial charge in [-0.05, 0) is 48.0 Å². The summed E-state index contributed by atoms with van der Waals surface area (Å²) < 4.78 is 12.2. The van der Waals surface area contributed by atoms with Crippen molar-refractivity contribution >= 4 is 54.3 Å². The Morgan fingerprint density at radius 2 is 2.00 bits per heavy atom. The Balaban J connectivity index is 1.67. The summed E-state index contributed by atoms with van der Waals surface area (Å²) in [5.41, 5.74) is 1.28. The Hall–Kier alpha value is -3.43. The molecule has 7 nitrogen and oxygen atoms in total. The number of nitrogens with zero attached hydrogens (tertiary/aromatic N) is 2. The number of furan rings is 1. The summed E-state index contributed by atoms with van der Waals surface area (Å²) in [6.07, 6.45) is 1.37. The molecule has 0 saturated heterocycles. The van der Waals surface area contributed by atoms with Crippen molar-refractivity contribution in [3.8, 4) is 5.75 Å². The summed E-state index contributed by atoms with van der Waals surface area (Å²) in [6.45, 7) is 0. The molecular weight excluding hydrogens is 496 g/mol. The lowest BCUT2D eigenvalue weighted by atomic mass is 9.95. The summed E-state index contributed by atoms with van der Waals surface area (Å²) in [6, 6.07) is 14.8. The number of rotatable bonds is 5. The van der Waals surface area contributed by atoms with Gasteiger partial charge in [0.2, 0.25) is 5.78 Å². The maximum Gasteiger partial charge on any atom is 0.296 e. The quantitative estimate of drug-likeness (QED) is 0.359. The second kappa shape index (κ2) is 7.92. The third-order valence-electron chi connectivity index (χ3n) is 5.17. The van der Waals surface area contributed by atoms with Crippen LogP contribution in [0, 0.1) is 0 Å². The first kappa shape index (κ1) is 20.5. The number of carbonyl (C=O) groups excluding carboxylic acids is 2. The van der Waals surface area contributed by atoms with E-state index in [9.17, 15) is 14.7 Å². The molecule has 0 fully saturated rings. The molecule has 4 aromatic rings. The van der Waals surface area contributed by atoms with Gasteiger partial charge in [-0.2, -0.15) is 0 Å². The van der Waals surface area contributed by atoms with E-state index >= 15 is 0 Å². The number of benzene rings is 2. The zero-order chi connectivity index (χ0) is 22.4. The molecule has 1 amide bonds. The van der Waals surface area contributed by atoms with Gasteiger partial charge in [-0.15, -0.1) is 0 Å². The molecule has 5 rings (SSSR count). The molecule has 9 heteroatoms. The molecular formula is C23H15BrN2O5S. The Labute approximate surface area is 194 Å². The minimum absolute atomic E-state index is 0.0392. The molecule has 32 heavy (non-hydrogen) atoms. The highest BCUT2D eigenvalue weighted by atomic mass is 79.9. The van der Waals surface area contributed by atoms with Crippen LogP contribution in [0.2, 0.25) is 0 Å². The van der Waals surface area contributed by atoms with Crippen molar-refractivity contribution in [2.45, 2.75) is 6.04 Å². The van der Waals surface area contributed by atoms with E-state index in [1.165, 1.54) is 28.6 Å². The lowest BCUT2D eigenvalue weighted by Crippen LogP contribution is -2.30. The number of ketones is 1. The summed E-state index contributed by atoms with van der Waals surface area (Å²) in [7, 11) is 1.57. The van der Waals surface area contributed by atoms with Gasteiger partial charge in [-0.3, -0.25) is 14.5 Å². The summed E-state index contributed by atoms with van der Waals surface area (Å²) in [4.78, 5) is 32.4. The average molecular weight is 511 g/mol. The van der Waals surface area contributed by atoms with E-state index in [0.29, 0.717) is 22.0 Å². The molecule has 3 heterocycles. The molecule has 1 aliphatic heterocycles. The van der Waals surface area contributed by atoms with Crippen LogP contribution in [0.4, 0.5) is 5.13 Å². The summed E-state index contributed by atoms with van der Waals surface area (Å²) >= 11 is 4.68. The van der Waals surface area contributed by atoms with Crippen molar-refractivity contribution in [2.75, 3.05) is 12.0 Å². The van der Waals surface area contributed by atoms with E-state index in [1.54, 1.807) is 37.4 Å². The van der Waals surface area contributed by atoms with Crippen LogP contribution in [-0.2, 0) is 4.79 Å². The van der Waals surface area contributed by atoms with Crippen LogP contribution >= 0.6 is 27.3 Å². The number of anilines is 1. The van der Waals surface area contributed by atoms with Crippen molar-refractivity contribution in [3.63, 3.8) is 0 Å². The first-order valence-corrected chi connectivity index (χ1v) is 11.1. The van der Waals surface area contributed by atoms with Gasteiger partial charge in [-0.1, -0.05) is 39.4 Å². The molecule has 160 valence electrons. The molecule has 0 unspecified atom stereocenters. The smallest absolute Gasteiger partial charge is 0.296 e. The standard InChI is InChI=1S/C23H15BrN2O5S/c1-30-14-8-9-15-17(11-14)32-23(25-15)26-19(12-4-6-13(24)7-5-12)18(21(28)22(26)29)20(27)16-3-2-10-31-16/h2-11,19,28H,1H3/t19-/m1/s1. The zero-order valence-electron chi connectivity index (χ0n) is 16.6. The number of methoxy groups -OCH3 is 1. The molecule has 0 radical (unpaired) electrons. The number of thiazole rings is 1. The van der Waals surface area contributed by atoms with Gasteiger partial charge >= 0.3 is 0 Å². The normalized spacial score (nSPS) is 16.2. The molecule has 1 atom stereocenters. The number of hydrogen-bond donors (Lipinski definition) is 1. The Morgan fingerprint density at radius 1 is 1.22 bits per heavy atom. The Kier molecular flexibility index (Phi) is 5.07. The van der Waals surface area contributed by atoms with Crippen LogP contribution in [0.1, 0.15) is 22.2 Å². The van der Waals surface area contributed by atoms with E-state index in [4.69, 9.17) is 9.15 Å². The van der Waals surface area contributed by atoms with Gasteiger partial charge < -0.3 is 14.3 Å². The van der Waals surface area contributed by atoms with Gasteiger partial charge in [0.25, 0.3) is 5.91 Å². The lowest BCUT2D eigenvalue weighted by Gasteiger charge is -2.24. The molecule has 1 aliphatic rings. The number of hydrogen-bond acceptors (Lipinski definition) is 7. The van der Waals surface area contributed by atoms with Gasteiger partial charge in [-0.25, -0.2) is 4.98 Å². The molecule has 0 aliphatic carbocycles. The molecule has 2 aromatic heterocycles. The number of carbonyl (C=O) groups is 2. The number of amides is 1. The third-order valence-corrected chi connectivity index (χ3v) is 6.72. The fourth-order valence-corrected chi connectivity index (χ4v) is 4.94. The first-order chi connectivity index (χ1) is 15.5. The van der Waals surface area contributed by atoms with Crippen molar-refractivity contribution in [2.24, 2.45) is 0 Å². The van der Waals surface area contributed by atoms with E-state index in [1.807, 2.05) is 18.2 Å². The predicted octanol–water partition coefficient (Wildman–Crippen LogP) is 5.44. The van der Waals surface area contributed by atoms with Crippen molar-refractivity contribution in [3.05, 3.63) is 88.0 Å². The Bertz CT molecular complexity index is 1380. The molecule has 0 saturated carbocycles. The zero-order valence-corrected chi connectivity index (χ0v) is 19.0. The van der Waals surface area contributed by atoms with Crippen LogP contribution < -0.4 is 9.64 Å². The second-order valence-electron chi connectivity index (χ2n) is 7.03. The lowest BCUT2D eigenvalue weighted by molar-refractivity contribution is -0.117. The van der Waals surface area contributed by atoms with Gasteiger partial charge in [0.15, 0.2) is 16.7 Å². The minimum atomic E-state index is -0.865. The largest absolute Gasteiger partial charge is 0.503 e. The predicted molar refractivity (Wildman–Crippen MR) is 123 cm³/mol. The first-order valence-electron chi connectivity index (χ1n) is 9.53. The number of fused-ring (bicyclic) bond motifs is 1. The summed E-state index contributed by atoms with van der Waals surface area (Å²) in [5.74, 6) is -1.16. The van der Waals surface area contributed by atoms with E-state index < -0.39 is 23.5 Å². The van der Waals surface area contributed by atoms with E-state index in [2.05, 4.69) is 20.9 Å². The highest BCUT2D eigenvalue weighted by molar-refractivity contribution is 9.10. The second-order valence-corrected chi connectivity index (χ2v) is 8.95. The topological polar surface area (TPSA) is 92.9 Å². The van der Waals surface area contributed by atoms with Crippen LogP contribution in [0.15, 0.2) is 81.1 Å². The van der Waals surface area contributed by atoms with Crippen LogP contribution in [-0.4, -0.2) is 28.9 Å². The summed E-state index contributed by atoms with van der Waals surface area (Å²) in [5, 5.41) is 11.1. The van der Waals surface area contributed by atoms with E-state index in [0.717, 1.165) is 9.17 Å². The van der Waals surface area contributed by atoms with Crippen LogP contribution in [0.5, 0.6) is 5.75 Å². The van der Waals surface area contributed by atoms with Gasteiger partial charge in [0.1, 0.15) is 5.75 Å². The van der Waals surface area contributed by atoms with Gasteiger partial charge in [0, 0.05) is 4.47 Å². The fraction of sp³-hybridized carbons (Fsp3) is 0.0870. The monoisotopic (exact) mass is 510 g/mol. The average Bonchev–Trinajstić information content (AvgIpc) is 3.52.